The van der Waals surface area contributed by atoms with E-state index in [9.17, 15) is 8.42 Å². The minimum absolute atomic E-state index is 0.137. The van der Waals surface area contributed by atoms with Crippen LogP contribution in [0.1, 0.15) is 11.4 Å². The van der Waals surface area contributed by atoms with Gasteiger partial charge in [0.05, 0.1) is 22.6 Å². The molecule has 2 aromatic heterocycles. The van der Waals surface area contributed by atoms with E-state index in [1.54, 1.807) is 37.4 Å². The van der Waals surface area contributed by atoms with E-state index < -0.39 is 10.0 Å². The number of para-hydroxylation sites is 1. The van der Waals surface area contributed by atoms with E-state index in [0.29, 0.717) is 22.6 Å². The predicted molar refractivity (Wildman–Crippen MR) is 94.0 cm³/mol. The number of nitrogens with two attached hydrogens (primary N) is 1. The van der Waals surface area contributed by atoms with Gasteiger partial charge in [0.2, 0.25) is 0 Å². The first-order valence-corrected chi connectivity index (χ1v) is 8.63. The van der Waals surface area contributed by atoms with Crippen molar-refractivity contribution >= 4 is 43.8 Å². The van der Waals surface area contributed by atoms with Crippen molar-refractivity contribution in [1.82, 2.24) is 9.97 Å². The average Bonchev–Trinajstić information content (AvgIpc) is 2.92. The third kappa shape index (κ3) is 2.90. The largest absolute Gasteiger partial charge is 0.388 e. The summed E-state index contributed by atoms with van der Waals surface area (Å²) in [6, 6.07) is 10.2. The van der Waals surface area contributed by atoms with Crippen molar-refractivity contribution in [3.05, 3.63) is 54.0 Å². The fourth-order valence-electron chi connectivity index (χ4n) is 2.33. The summed E-state index contributed by atoms with van der Waals surface area (Å²) in [4.78, 5) is 7.42. The van der Waals surface area contributed by atoms with Gasteiger partial charge in [0.1, 0.15) is 9.88 Å². The number of rotatable bonds is 4. The molecule has 4 N–H and O–H groups in total. The normalized spacial score (nSPS) is 11.5. The molecular weight excluding hydrogens is 332 g/mol. The minimum Gasteiger partial charge on any atom is -0.388 e. The predicted octanol–water partition coefficient (Wildman–Crippen LogP) is 2.31. The van der Waals surface area contributed by atoms with Crippen molar-refractivity contribution in [1.29, 1.82) is 0 Å². The van der Waals surface area contributed by atoms with Gasteiger partial charge in [0.25, 0.3) is 10.0 Å². The van der Waals surface area contributed by atoms with Crippen molar-refractivity contribution in [3.63, 3.8) is 0 Å². The third-order valence-electron chi connectivity index (χ3n) is 3.41. The smallest absolute Gasteiger partial charge is 0.263 e. The lowest BCUT2D eigenvalue weighted by molar-refractivity contribution is 0.600. The van der Waals surface area contributed by atoms with Gasteiger partial charge in [-0.15, -0.1) is 0 Å². The van der Waals surface area contributed by atoms with Crippen molar-refractivity contribution in [2.75, 3.05) is 4.72 Å². The Morgan fingerprint density at radius 2 is 2.09 bits per heavy atom. The van der Waals surface area contributed by atoms with E-state index >= 15 is 0 Å². The van der Waals surface area contributed by atoms with Crippen LogP contribution < -0.4 is 10.5 Å². The fourth-order valence-corrected chi connectivity index (χ4v) is 3.71. The van der Waals surface area contributed by atoms with Gasteiger partial charge in [-0.05, 0) is 31.2 Å². The van der Waals surface area contributed by atoms with Crippen molar-refractivity contribution in [2.45, 2.75) is 11.8 Å². The molecule has 3 aromatic rings. The third-order valence-corrected chi connectivity index (χ3v) is 5.13. The van der Waals surface area contributed by atoms with E-state index in [4.69, 9.17) is 18.0 Å². The number of sulfonamides is 1. The van der Waals surface area contributed by atoms with Gasteiger partial charge >= 0.3 is 0 Å². The standard InChI is InChI=1S/C15H14N4O2S2/c1-9-13(6-3-7-17-9)23(20,21)19-11-5-2-4-10-8-12(15(16)22)18-14(10)11/h2-8,18-19H,1H3,(H2,16,22). The second kappa shape index (κ2) is 5.64. The Labute approximate surface area is 138 Å². The number of H-pyrrole nitrogens is 1. The van der Waals surface area contributed by atoms with Crippen LogP contribution in [0.15, 0.2) is 47.5 Å². The Hall–Kier alpha value is -2.45. The second-order valence-corrected chi connectivity index (χ2v) is 7.10. The minimum atomic E-state index is -3.74. The summed E-state index contributed by atoms with van der Waals surface area (Å²) >= 11 is 4.95. The zero-order chi connectivity index (χ0) is 16.6. The van der Waals surface area contributed by atoms with E-state index in [1.165, 1.54) is 6.07 Å². The quantitative estimate of drug-likeness (QED) is 0.629. The van der Waals surface area contributed by atoms with Crippen LogP contribution in [0.3, 0.4) is 0 Å². The molecule has 0 bridgehead atoms. The van der Waals surface area contributed by atoms with E-state index in [2.05, 4.69) is 14.7 Å². The number of fused-ring (bicyclic) bond motifs is 1. The zero-order valence-electron chi connectivity index (χ0n) is 12.2. The van der Waals surface area contributed by atoms with Gasteiger partial charge in [-0.1, -0.05) is 24.4 Å². The average molecular weight is 346 g/mol. The first-order valence-electron chi connectivity index (χ1n) is 6.74. The van der Waals surface area contributed by atoms with Gasteiger partial charge < -0.3 is 10.7 Å². The first-order chi connectivity index (χ1) is 10.9. The molecule has 0 aliphatic heterocycles. The molecule has 0 unspecified atom stereocenters. The summed E-state index contributed by atoms with van der Waals surface area (Å²) in [5, 5.41) is 0.816. The number of aromatic nitrogens is 2. The van der Waals surface area contributed by atoms with Crippen LogP contribution in [0.25, 0.3) is 10.9 Å². The number of nitrogens with zero attached hydrogens (tertiary/aromatic N) is 1. The highest BCUT2D eigenvalue weighted by molar-refractivity contribution is 7.92. The van der Waals surface area contributed by atoms with Crippen LogP contribution in [0.4, 0.5) is 5.69 Å². The summed E-state index contributed by atoms with van der Waals surface area (Å²) in [7, 11) is -3.74. The van der Waals surface area contributed by atoms with Crippen LogP contribution in [-0.2, 0) is 10.0 Å². The Bertz CT molecular complexity index is 1010. The van der Waals surface area contributed by atoms with Gasteiger partial charge in [-0.3, -0.25) is 9.71 Å². The highest BCUT2D eigenvalue weighted by atomic mass is 32.2. The fraction of sp³-hybridized carbons (Fsp3) is 0.0667. The van der Waals surface area contributed by atoms with Crippen molar-refractivity contribution < 1.29 is 8.42 Å². The Morgan fingerprint density at radius 1 is 1.30 bits per heavy atom. The van der Waals surface area contributed by atoms with Gasteiger partial charge in [-0.25, -0.2) is 8.42 Å². The lowest BCUT2D eigenvalue weighted by Crippen LogP contribution is -2.15. The molecule has 3 rings (SSSR count). The Morgan fingerprint density at radius 3 is 2.78 bits per heavy atom. The highest BCUT2D eigenvalue weighted by Gasteiger charge is 2.19. The van der Waals surface area contributed by atoms with Crippen LogP contribution >= 0.6 is 12.2 Å². The molecule has 6 nitrogen and oxygen atoms in total. The number of thiocarbonyl (C=S) groups is 1. The Kier molecular flexibility index (Phi) is 3.78. The molecule has 0 spiro atoms. The van der Waals surface area contributed by atoms with Gasteiger partial charge in [-0.2, -0.15) is 0 Å². The molecule has 23 heavy (non-hydrogen) atoms. The lowest BCUT2D eigenvalue weighted by Gasteiger charge is -2.10. The topological polar surface area (TPSA) is 101 Å². The summed E-state index contributed by atoms with van der Waals surface area (Å²) in [6.45, 7) is 1.65. The maximum Gasteiger partial charge on any atom is 0.263 e. The maximum absolute atomic E-state index is 12.6. The molecule has 0 radical (unpaired) electrons. The number of pyridine rings is 1. The molecule has 118 valence electrons. The summed E-state index contributed by atoms with van der Waals surface area (Å²) < 4.78 is 27.8. The van der Waals surface area contributed by atoms with Crippen molar-refractivity contribution in [3.8, 4) is 0 Å². The van der Waals surface area contributed by atoms with Gasteiger partial charge in [0, 0.05) is 11.6 Å². The molecule has 0 aliphatic carbocycles. The summed E-state index contributed by atoms with van der Waals surface area (Å²) in [5.74, 6) is 0. The molecule has 0 aliphatic rings. The van der Waals surface area contributed by atoms with Crippen LogP contribution in [0, 0.1) is 6.92 Å². The first kappa shape index (κ1) is 15.4. The number of benzene rings is 1. The molecule has 8 heteroatoms. The van der Waals surface area contributed by atoms with Crippen LogP contribution in [0.2, 0.25) is 0 Å². The maximum atomic E-state index is 12.6. The summed E-state index contributed by atoms with van der Waals surface area (Å²) in [6.07, 6.45) is 1.55. The molecule has 0 fully saturated rings. The molecule has 0 saturated heterocycles. The van der Waals surface area contributed by atoms with E-state index in [-0.39, 0.29) is 9.88 Å². The van der Waals surface area contributed by atoms with E-state index in [0.717, 1.165) is 5.39 Å². The van der Waals surface area contributed by atoms with Crippen molar-refractivity contribution in [2.24, 2.45) is 5.73 Å². The SMILES string of the molecule is Cc1ncccc1S(=O)(=O)Nc1cccc2cc(C(N)=S)[nH]c12. The van der Waals surface area contributed by atoms with Crippen LogP contribution in [-0.4, -0.2) is 23.4 Å². The number of aryl methyl sites for hydroxylation is 1. The number of hydrogen-bond acceptors (Lipinski definition) is 4. The molecule has 2 heterocycles. The van der Waals surface area contributed by atoms with E-state index in [1.807, 2.05) is 6.07 Å². The molecule has 1 aromatic carbocycles. The van der Waals surface area contributed by atoms with Gasteiger partial charge in [0.15, 0.2) is 0 Å². The van der Waals surface area contributed by atoms with Crippen LogP contribution in [0.5, 0.6) is 0 Å². The highest BCUT2D eigenvalue weighted by Crippen LogP contribution is 2.26. The summed E-state index contributed by atoms with van der Waals surface area (Å²) in [5.41, 5.74) is 7.68. The monoisotopic (exact) mass is 346 g/mol. The second-order valence-electron chi connectivity index (χ2n) is 5.01. The molecular formula is C15H14N4O2S2. The number of anilines is 1. The molecule has 0 atom stereocenters. The lowest BCUT2D eigenvalue weighted by atomic mass is 10.2. The number of aromatic amines is 1. The molecule has 0 saturated carbocycles. The Balaban J connectivity index is 2.08. The number of nitrogens with one attached hydrogen (secondary N) is 2. The molecule has 0 amide bonds. The zero-order valence-corrected chi connectivity index (χ0v) is 13.8. The number of hydrogen-bond donors (Lipinski definition) is 3.